The summed E-state index contributed by atoms with van der Waals surface area (Å²) in [5.74, 6) is 0.894. The summed E-state index contributed by atoms with van der Waals surface area (Å²) in [5.41, 5.74) is 3.84. The maximum absolute atomic E-state index is 5.28. The number of rotatable bonds is 4. The van der Waals surface area contributed by atoms with Gasteiger partial charge in [0.25, 0.3) is 0 Å². The van der Waals surface area contributed by atoms with Gasteiger partial charge < -0.3 is 10.1 Å². The summed E-state index contributed by atoms with van der Waals surface area (Å²) < 4.78 is 5.28. The smallest absolute Gasteiger partial charge is 0.119 e. The molecule has 106 valence electrons. The second-order valence-electron chi connectivity index (χ2n) is 5.12. The predicted octanol–water partition coefficient (Wildman–Crippen LogP) is 4.23. The number of nitrogens with one attached hydrogen (secondary N) is 1. The molecular weight excluding hydrogens is 258 g/mol. The van der Waals surface area contributed by atoms with E-state index in [1.165, 1.54) is 27.5 Å². The van der Waals surface area contributed by atoms with E-state index >= 15 is 0 Å². The standard InChI is InChI=1S/C19H19NO/c1-20-13-17-5-3-4-6-19(17)16-8-7-15-12-18(21-2)10-9-14(15)11-16/h3-12,20H,13H2,1-2H3. The van der Waals surface area contributed by atoms with Crippen molar-refractivity contribution in [3.05, 3.63) is 66.2 Å². The van der Waals surface area contributed by atoms with Gasteiger partial charge in [-0.3, -0.25) is 0 Å². The highest BCUT2D eigenvalue weighted by molar-refractivity contribution is 5.88. The van der Waals surface area contributed by atoms with Crippen molar-refractivity contribution >= 4 is 10.8 Å². The zero-order chi connectivity index (χ0) is 14.7. The lowest BCUT2D eigenvalue weighted by atomic mass is 9.97. The lowest BCUT2D eigenvalue weighted by Gasteiger charge is -2.10. The molecule has 0 aliphatic rings. The minimum absolute atomic E-state index is 0.872. The maximum Gasteiger partial charge on any atom is 0.119 e. The van der Waals surface area contributed by atoms with Gasteiger partial charge in [-0.15, -0.1) is 0 Å². The van der Waals surface area contributed by atoms with Gasteiger partial charge in [-0.25, -0.2) is 0 Å². The molecule has 0 radical (unpaired) electrons. The van der Waals surface area contributed by atoms with Gasteiger partial charge in [0.1, 0.15) is 5.75 Å². The van der Waals surface area contributed by atoms with E-state index < -0.39 is 0 Å². The van der Waals surface area contributed by atoms with E-state index in [-0.39, 0.29) is 0 Å². The molecule has 0 aliphatic heterocycles. The number of methoxy groups -OCH3 is 1. The Balaban J connectivity index is 2.09. The third kappa shape index (κ3) is 2.76. The minimum Gasteiger partial charge on any atom is -0.497 e. The Labute approximate surface area is 125 Å². The normalized spacial score (nSPS) is 10.8. The van der Waals surface area contributed by atoms with Crippen molar-refractivity contribution in [2.75, 3.05) is 14.2 Å². The van der Waals surface area contributed by atoms with Crippen LogP contribution >= 0.6 is 0 Å². The molecule has 0 fully saturated rings. The Morgan fingerprint density at radius 3 is 2.48 bits per heavy atom. The average Bonchev–Trinajstić information content (AvgIpc) is 2.55. The van der Waals surface area contributed by atoms with Crippen LogP contribution in [0.25, 0.3) is 21.9 Å². The molecule has 0 spiro atoms. The molecule has 3 rings (SSSR count). The number of ether oxygens (including phenoxy) is 1. The Morgan fingerprint density at radius 2 is 1.67 bits per heavy atom. The Morgan fingerprint density at radius 1 is 0.905 bits per heavy atom. The van der Waals surface area contributed by atoms with Crippen LogP contribution in [0.15, 0.2) is 60.7 Å². The molecule has 2 heteroatoms. The van der Waals surface area contributed by atoms with E-state index in [2.05, 4.69) is 59.9 Å². The highest BCUT2D eigenvalue weighted by Crippen LogP contribution is 2.29. The van der Waals surface area contributed by atoms with Gasteiger partial charge in [0.2, 0.25) is 0 Å². The van der Waals surface area contributed by atoms with Crippen LogP contribution in [0.2, 0.25) is 0 Å². The van der Waals surface area contributed by atoms with E-state index in [1.807, 2.05) is 13.1 Å². The summed E-state index contributed by atoms with van der Waals surface area (Å²) in [5, 5.41) is 5.66. The van der Waals surface area contributed by atoms with Gasteiger partial charge in [0.05, 0.1) is 7.11 Å². The third-order valence-electron chi connectivity index (χ3n) is 3.74. The van der Waals surface area contributed by atoms with Gasteiger partial charge >= 0.3 is 0 Å². The fourth-order valence-corrected chi connectivity index (χ4v) is 2.66. The van der Waals surface area contributed by atoms with Gasteiger partial charge in [-0.2, -0.15) is 0 Å². The Bertz CT molecular complexity index is 764. The Hall–Kier alpha value is -2.32. The minimum atomic E-state index is 0.872. The molecule has 3 aromatic carbocycles. The van der Waals surface area contributed by atoms with E-state index in [0.29, 0.717) is 0 Å². The van der Waals surface area contributed by atoms with Crippen LogP contribution in [-0.2, 0) is 6.54 Å². The molecule has 0 amide bonds. The van der Waals surface area contributed by atoms with Crippen LogP contribution in [-0.4, -0.2) is 14.2 Å². The van der Waals surface area contributed by atoms with Crippen molar-refractivity contribution in [2.45, 2.75) is 6.54 Å². The summed E-state index contributed by atoms with van der Waals surface area (Å²) in [6.07, 6.45) is 0. The van der Waals surface area contributed by atoms with E-state index in [0.717, 1.165) is 12.3 Å². The van der Waals surface area contributed by atoms with Crippen LogP contribution in [0.3, 0.4) is 0 Å². The molecule has 0 bridgehead atoms. The first-order chi connectivity index (χ1) is 10.3. The number of fused-ring (bicyclic) bond motifs is 1. The van der Waals surface area contributed by atoms with Gasteiger partial charge in [-0.05, 0) is 52.7 Å². The van der Waals surface area contributed by atoms with E-state index in [4.69, 9.17) is 4.74 Å². The first-order valence-corrected chi connectivity index (χ1v) is 7.12. The van der Waals surface area contributed by atoms with Crippen LogP contribution in [0.5, 0.6) is 5.75 Å². The monoisotopic (exact) mass is 277 g/mol. The molecule has 2 nitrogen and oxygen atoms in total. The molecule has 3 aromatic rings. The molecule has 0 unspecified atom stereocenters. The topological polar surface area (TPSA) is 21.3 Å². The molecule has 0 saturated heterocycles. The van der Waals surface area contributed by atoms with Crippen molar-refractivity contribution in [1.29, 1.82) is 0 Å². The molecule has 0 heterocycles. The highest BCUT2D eigenvalue weighted by atomic mass is 16.5. The molecule has 0 aromatic heterocycles. The summed E-state index contributed by atoms with van der Waals surface area (Å²) in [6, 6.07) is 21.3. The van der Waals surface area contributed by atoms with E-state index in [1.54, 1.807) is 7.11 Å². The maximum atomic E-state index is 5.28. The van der Waals surface area contributed by atoms with Crippen molar-refractivity contribution in [2.24, 2.45) is 0 Å². The SMILES string of the molecule is CNCc1ccccc1-c1ccc2cc(OC)ccc2c1. The van der Waals surface area contributed by atoms with Crippen molar-refractivity contribution in [3.8, 4) is 16.9 Å². The number of hydrogen-bond donors (Lipinski definition) is 1. The largest absolute Gasteiger partial charge is 0.497 e. The summed E-state index contributed by atoms with van der Waals surface area (Å²) >= 11 is 0. The van der Waals surface area contributed by atoms with Crippen LogP contribution < -0.4 is 10.1 Å². The predicted molar refractivity (Wildman–Crippen MR) is 88.7 cm³/mol. The molecule has 21 heavy (non-hydrogen) atoms. The zero-order valence-electron chi connectivity index (χ0n) is 12.4. The van der Waals surface area contributed by atoms with Crippen LogP contribution in [0.4, 0.5) is 0 Å². The van der Waals surface area contributed by atoms with Crippen molar-refractivity contribution < 1.29 is 4.74 Å². The van der Waals surface area contributed by atoms with Gasteiger partial charge in [0, 0.05) is 6.54 Å². The number of hydrogen-bond acceptors (Lipinski definition) is 2. The third-order valence-corrected chi connectivity index (χ3v) is 3.74. The fraction of sp³-hybridized carbons (Fsp3) is 0.158. The summed E-state index contributed by atoms with van der Waals surface area (Å²) in [6.45, 7) is 0.872. The molecule has 0 saturated carbocycles. The fourth-order valence-electron chi connectivity index (χ4n) is 2.66. The summed E-state index contributed by atoms with van der Waals surface area (Å²) in [7, 11) is 3.67. The average molecular weight is 277 g/mol. The number of benzene rings is 3. The van der Waals surface area contributed by atoms with Crippen LogP contribution in [0.1, 0.15) is 5.56 Å². The van der Waals surface area contributed by atoms with Gasteiger partial charge in [-0.1, -0.05) is 42.5 Å². The Kier molecular flexibility index (Phi) is 3.89. The van der Waals surface area contributed by atoms with Crippen molar-refractivity contribution in [1.82, 2.24) is 5.32 Å². The molecule has 1 N–H and O–H groups in total. The van der Waals surface area contributed by atoms with Gasteiger partial charge in [0.15, 0.2) is 0 Å². The quantitative estimate of drug-likeness (QED) is 0.770. The van der Waals surface area contributed by atoms with E-state index in [9.17, 15) is 0 Å². The molecule has 0 atom stereocenters. The second-order valence-corrected chi connectivity index (χ2v) is 5.12. The lowest BCUT2D eigenvalue weighted by molar-refractivity contribution is 0.415. The zero-order valence-corrected chi connectivity index (χ0v) is 12.4. The highest BCUT2D eigenvalue weighted by Gasteiger charge is 2.05. The molecular formula is C19H19NO. The van der Waals surface area contributed by atoms with Crippen LogP contribution in [0, 0.1) is 0 Å². The van der Waals surface area contributed by atoms with Crippen molar-refractivity contribution in [3.63, 3.8) is 0 Å². The lowest BCUT2D eigenvalue weighted by Crippen LogP contribution is -2.06. The first kappa shape index (κ1) is 13.7. The summed E-state index contributed by atoms with van der Waals surface area (Å²) in [4.78, 5) is 0. The first-order valence-electron chi connectivity index (χ1n) is 7.12. The second kappa shape index (κ2) is 5.98. The molecule has 0 aliphatic carbocycles.